The molecule has 1 saturated carbocycles. The van der Waals surface area contributed by atoms with Gasteiger partial charge in [-0.2, -0.15) is 0 Å². The van der Waals surface area contributed by atoms with Crippen LogP contribution in [-0.4, -0.2) is 34.6 Å². The molecule has 0 bridgehead atoms. The van der Waals surface area contributed by atoms with E-state index in [4.69, 9.17) is 23.2 Å². The van der Waals surface area contributed by atoms with Crippen LogP contribution in [0.2, 0.25) is 10.0 Å². The summed E-state index contributed by atoms with van der Waals surface area (Å²) < 4.78 is 0. The highest BCUT2D eigenvalue weighted by Gasteiger charge is 2.31. The Balaban J connectivity index is 1.74. The van der Waals surface area contributed by atoms with Crippen molar-refractivity contribution in [1.29, 1.82) is 0 Å². The van der Waals surface area contributed by atoms with Gasteiger partial charge in [-0.05, 0) is 43.9 Å². The SMILES string of the molecule is CC[C@H](C(=O)NC1CCCC1)N(Cc1c(Cl)cccc1Cl)C(=O)CSCc1ccc(C)cc1. The van der Waals surface area contributed by atoms with Crippen LogP contribution in [0, 0.1) is 6.92 Å². The second-order valence-electron chi connectivity index (χ2n) is 8.61. The zero-order valence-corrected chi connectivity index (χ0v) is 21.6. The first-order chi connectivity index (χ1) is 15.9. The molecule has 0 aliphatic heterocycles. The maximum absolute atomic E-state index is 13.4. The van der Waals surface area contributed by atoms with Crippen molar-refractivity contribution in [3.8, 4) is 0 Å². The maximum Gasteiger partial charge on any atom is 0.243 e. The molecule has 2 amide bonds. The topological polar surface area (TPSA) is 49.4 Å². The van der Waals surface area contributed by atoms with Crippen LogP contribution in [0.4, 0.5) is 0 Å². The highest BCUT2D eigenvalue weighted by Crippen LogP contribution is 2.28. The van der Waals surface area contributed by atoms with Gasteiger partial charge in [-0.3, -0.25) is 9.59 Å². The molecular weight excluding hydrogens is 475 g/mol. The highest BCUT2D eigenvalue weighted by molar-refractivity contribution is 7.99. The molecule has 2 aromatic rings. The van der Waals surface area contributed by atoms with Gasteiger partial charge in [0.25, 0.3) is 0 Å². The lowest BCUT2D eigenvalue weighted by Crippen LogP contribution is -2.51. The molecule has 4 nitrogen and oxygen atoms in total. The number of aryl methyl sites for hydroxylation is 1. The zero-order valence-electron chi connectivity index (χ0n) is 19.3. The van der Waals surface area contributed by atoms with Gasteiger partial charge in [0, 0.05) is 33.9 Å². The van der Waals surface area contributed by atoms with Gasteiger partial charge in [0.05, 0.1) is 5.75 Å². The number of benzene rings is 2. The second kappa shape index (κ2) is 12.7. The molecule has 0 heterocycles. The molecule has 33 heavy (non-hydrogen) atoms. The molecule has 1 N–H and O–H groups in total. The number of carbonyl (C=O) groups excluding carboxylic acids is 2. The van der Waals surface area contributed by atoms with Gasteiger partial charge >= 0.3 is 0 Å². The van der Waals surface area contributed by atoms with Crippen molar-refractivity contribution in [2.45, 2.75) is 70.3 Å². The molecule has 0 radical (unpaired) electrons. The average Bonchev–Trinajstić information content (AvgIpc) is 3.30. The average molecular weight is 508 g/mol. The molecule has 2 aromatic carbocycles. The summed E-state index contributed by atoms with van der Waals surface area (Å²) in [6, 6.07) is 13.2. The normalized spacial score (nSPS) is 14.8. The minimum Gasteiger partial charge on any atom is -0.352 e. The summed E-state index contributed by atoms with van der Waals surface area (Å²) in [7, 11) is 0. The lowest BCUT2D eigenvalue weighted by Gasteiger charge is -2.32. The van der Waals surface area contributed by atoms with Crippen molar-refractivity contribution < 1.29 is 9.59 Å². The summed E-state index contributed by atoms with van der Waals surface area (Å²) in [6.07, 6.45) is 4.79. The van der Waals surface area contributed by atoms with E-state index in [2.05, 4.69) is 36.5 Å². The largest absolute Gasteiger partial charge is 0.352 e. The number of nitrogens with zero attached hydrogens (tertiary/aromatic N) is 1. The molecule has 1 aliphatic rings. The fourth-order valence-corrected chi connectivity index (χ4v) is 5.55. The van der Waals surface area contributed by atoms with E-state index in [0.717, 1.165) is 31.4 Å². The number of halogens is 2. The Bertz CT molecular complexity index is 926. The smallest absolute Gasteiger partial charge is 0.243 e. The van der Waals surface area contributed by atoms with E-state index < -0.39 is 6.04 Å². The first-order valence-corrected chi connectivity index (χ1v) is 13.5. The molecule has 3 rings (SSSR count). The van der Waals surface area contributed by atoms with E-state index in [1.807, 2.05) is 6.92 Å². The molecule has 0 unspecified atom stereocenters. The number of hydrogen-bond donors (Lipinski definition) is 1. The van der Waals surface area contributed by atoms with Crippen LogP contribution in [0.25, 0.3) is 0 Å². The van der Waals surface area contributed by atoms with Crippen LogP contribution in [-0.2, 0) is 21.9 Å². The summed E-state index contributed by atoms with van der Waals surface area (Å²) in [5, 5.41) is 4.16. The highest BCUT2D eigenvalue weighted by atomic mass is 35.5. The van der Waals surface area contributed by atoms with E-state index in [1.54, 1.807) is 34.9 Å². The maximum atomic E-state index is 13.4. The van der Waals surface area contributed by atoms with Crippen molar-refractivity contribution in [1.82, 2.24) is 10.2 Å². The lowest BCUT2D eigenvalue weighted by molar-refractivity contribution is -0.139. The Labute approximate surface area is 211 Å². The van der Waals surface area contributed by atoms with Crippen molar-refractivity contribution in [3.05, 3.63) is 69.2 Å². The minimum atomic E-state index is -0.564. The first kappa shape index (κ1) is 25.9. The van der Waals surface area contributed by atoms with Gasteiger partial charge in [0.1, 0.15) is 6.04 Å². The predicted molar refractivity (Wildman–Crippen MR) is 139 cm³/mol. The molecule has 178 valence electrons. The van der Waals surface area contributed by atoms with Crippen molar-refractivity contribution in [2.75, 3.05) is 5.75 Å². The number of amides is 2. The lowest BCUT2D eigenvalue weighted by atomic mass is 10.1. The predicted octanol–water partition coefficient (Wildman–Crippen LogP) is 6.40. The number of hydrogen-bond acceptors (Lipinski definition) is 3. The Morgan fingerprint density at radius 1 is 1.09 bits per heavy atom. The van der Waals surface area contributed by atoms with Crippen LogP contribution in [0.5, 0.6) is 0 Å². The zero-order chi connectivity index (χ0) is 23.8. The van der Waals surface area contributed by atoms with E-state index in [1.165, 1.54) is 11.1 Å². The Morgan fingerprint density at radius 2 is 1.73 bits per heavy atom. The van der Waals surface area contributed by atoms with Gasteiger partial charge in [-0.1, -0.05) is 78.9 Å². The fraction of sp³-hybridized carbons (Fsp3) is 0.462. The van der Waals surface area contributed by atoms with E-state index in [0.29, 0.717) is 22.0 Å². The molecule has 0 spiro atoms. The van der Waals surface area contributed by atoms with Crippen molar-refractivity contribution in [3.63, 3.8) is 0 Å². The summed E-state index contributed by atoms with van der Waals surface area (Å²) in [5.41, 5.74) is 3.05. The molecule has 0 aromatic heterocycles. The third kappa shape index (κ3) is 7.40. The number of nitrogens with one attached hydrogen (secondary N) is 1. The summed E-state index contributed by atoms with van der Waals surface area (Å²) in [5.74, 6) is 0.835. The molecule has 1 fully saturated rings. The quantitative estimate of drug-likeness (QED) is 0.405. The molecule has 1 atom stereocenters. The molecule has 7 heteroatoms. The van der Waals surface area contributed by atoms with Crippen LogP contribution < -0.4 is 5.32 Å². The monoisotopic (exact) mass is 506 g/mol. The number of rotatable bonds is 10. The van der Waals surface area contributed by atoms with E-state index in [9.17, 15) is 9.59 Å². The van der Waals surface area contributed by atoms with Crippen LogP contribution in [0.1, 0.15) is 55.7 Å². The first-order valence-electron chi connectivity index (χ1n) is 11.5. The molecule has 1 aliphatic carbocycles. The van der Waals surface area contributed by atoms with Crippen molar-refractivity contribution >= 4 is 46.8 Å². The minimum absolute atomic E-state index is 0.0866. The number of thioether (sulfide) groups is 1. The second-order valence-corrected chi connectivity index (χ2v) is 10.4. The number of carbonyl (C=O) groups is 2. The third-order valence-electron chi connectivity index (χ3n) is 6.09. The van der Waals surface area contributed by atoms with E-state index >= 15 is 0 Å². The Morgan fingerprint density at radius 3 is 2.33 bits per heavy atom. The Kier molecular flexibility index (Phi) is 9.96. The van der Waals surface area contributed by atoms with Crippen LogP contribution in [0.3, 0.4) is 0 Å². The molecule has 0 saturated heterocycles. The third-order valence-corrected chi connectivity index (χ3v) is 7.79. The van der Waals surface area contributed by atoms with Crippen LogP contribution in [0.15, 0.2) is 42.5 Å². The van der Waals surface area contributed by atoms with Gasteiger partial charge in [-0.15, -0.1) is 11.8 Å². The van der Waals surface area contributed by atoms with Crippen LogP contribution >= 0.6 is 35.0 Å². The summed E-state index contributed by atoms with van der Waals surface area (Å²) in [4.78, 5) is 28.2. The van der Waals surface area contributed by atoms with Gasteiger partial charge < -0.3 is 10.2 Å². The summed E-state index contributed by atoms with van der Waals surface area (Å²) in [6.45, 7) is 4.20. The molecular formula is C26H32Cl2N2O2S. The van der Waals surface area contributed by atoms with E-state index in [-0.39, 0.29) is 30.2 Å². The van der Waals surface area contributed by atoms with Gasteiger partial charge in [-0.25, -0.2) is 0 Å². The van der Waals surface area contributed by atoms with Crippen molar-refractivity contribution in [2.24, 2.45) is 0 Å². The Hall–Kier alpha value is -1.69. The fourth-order valence-electron chi connectivity index (χ4n) is 4.16. The summed E-state index contributed by atoms with van der Waals surface area (Å²) >= 11 is 14.4. The van der Waals surface area contributed by atoms with Gasteiger partial charge in [0.15, 0.2) is 0 Å². The standard InChI is InChI=1S/C26H32Cl2N2O2S/c1-3-24(26(32)29-20-7-4-5-8-20)30(15-21-22(27)9-6-10-23(21)28)25(31)17-33-16-19-13-11-18(2)12-14-19/h6,9-14,20,24H,3-5,7-8,15-17H2,1-2H3,(H,29,32)/t24-/m1/s1. The van der Waals surface area contributed by atoms with Gasteiger partial charge in [0.2, 0.25) is 11.8 Å².